The van der Waals surface area contributed by atoms with Gasteiger partial charge in [-0.15, -0.1) is 0 Å². The lowest BCUT2D eigenvalue weighted by Crippen LogP contribution is -2.12. The van der Waals surface area contributed by atoms with E-state index < -0.39 is 0 Å². The second-order valence-electron chi connectivity index (χ2n) is 4.02. The molecule has 0 aliphatic rings. The molecular formula is C13H11BrClN3O. The first-order valence-electron chi connectivity index (χ1n) is 5.46. The van der Waals surface area contributed by atoms with Gasteiger partial charge in [0.05, 0.1) is 16.4 Å². The van der Waals surface area contributed by atoms with E-state index in [1.165, 1.54) is 6.20 Å². The van der Waals surface area contributed by atoms with Crippen LogP contribution in [0.4, 0.5) is 11.4 Å². The number of aryl methyl sites for hydroxylation is 1. The SMILES string of the molecule is Cc1ccc(C(=O)Nc2cnc(Cl)c(Br)c2)cc1N. The number of nitrogen functional groups attached to an aromatic ring is 1. The molecule has 1 aromatic carbocycles. The Kier molecular flexibility index (Phi) is 4.07. The molecule has 98 valence electrons. The van der Waals surface area contributed by atoms with E-state index >= 15 is 0 Å². The molecule has 1 aromatic heterocycles. The highest BCUT2D eigenvalue weighted by molar-refractivity contribution is 9.10. The molecule has 0 radical (unpaired) electrons. The van der Waals surface area contributed by atoms with Gasteiger partial charge in [0.15, 0.2) is 0 Å². The maximum Gasteiger partial charge on any atom is 0.255 e. The van der Waals surface area contributed by atoms with Gasteiger partial charge >= 0.3 is 0 Å². The number of nitrogens with two attached hydrogens (primary N) is 1. The average Bonchev–Trinajstić information content (AvgIpc) is 2.37. The molecular weight excluding hydrogens is 330 g/mol. The topological polar surface area (TPSA) is 68.0 Å². The molecule has 6 heteroatoms. The minimum Gasteiger partial charge on any atom is -0.398 e. The Morgan fingerprint density at radius 2 is 2.16 bits per heavy atom. The zero-order valence-corrected chi connectivity index (χ0v) is 12.4. The number of carbonyl (C=O) groups excluding carboxylic acids is 1. The number of aromatic nitrogens is 1. The number of nitrogens with one attached hydrogen (secondary N) is 1. The predicted octanol–water partition coefficient (Wildman–Crippen LogP) is 3.64. The third-order valence-corrected chi connectivity index (χ3v) is 3.73. The van der Waals surface area contributed by atoms with Crippen molar-refractivity contribution in [3.8, 4) is 0 Å². The predicted molar refractivity (Wildman–Crippen MR) is 80.5 cm³/mol. The van der Waals surface area contributed by atoms with Crippen LogP contribution in [0, 0.1) is 6.92 Å². The van der Waals surface area contributed by atoms with Crippen LogP contribution in [0.2, 0.25) is 5.15 Å². The van der Waals surface area contributed by atoms with Crippen LogP contribution in [0.1, 0.15) is 15.9 Å². The molecule has 2 aromatic rings. The van der Waals surface area contributed by atoms with Gasteiger partial charge in [0, 0.05) is 11.3 Å². The number of anilines is 2. The number of pyridine rings is 1. The number of benzene rings is 1. The molecule has 1 amide bonds. The Labute approximate surface area is 124 Å². The smallest absolute Gasteiger partial charge is 0.255 e. The maximum atomic E-state index is 12.0. The number of nitrogens with zero attached hydrogens (tertiary/aromatic N) is 1. The fraction of sp³-hybridized carbons (Fsp3) is 0.0769. The van der Waals surface area contributed by atoms with Gasteiger partial charge in [-0.2, -0.15) is 0 Å². The lowest BCUT2D eigenvalue weighted by Gasteiger charge is -2.07. The quantitative estimate of drug-likeness (QED) is 0.648. The molecule has 0 spiro atoms. The van der Waals surface area contributed by atoms with E-state index in [-0.39, 0.29) is 5.91 Å². The molecule has 0 fully saturated rings. The second kappa shape index (κ2) is 5.59. The first-order valence-corrected chi connectivity index (χ1v) is 6.63. The van der Waals surface area contributed by atoms with Gasteiger partial charge in [-0.25, -0.2) is 4.98 Å². The summed E-state index contributed by atoms with van der Waals surface area (Å²) < 4.78 is 0.621. The number of halogens is 2. The van der Waals surface area contributed by atoms with Crippen molar-refractivity contribution in [2.45, 2.75) is 6.92 Å². The zero-order chi connectivity index (χ0) is 14.0. The molecule has 0 aliphatic carbocycles. The normalized spacial score (nSPS) is 10.3. The molecule has 1 heterocycles. The van der Waals surface area contributed by atoms with Crippen LogP contribution in [0.5, 0.6) is 0 Å². The molecule has 0 atom stereocenters. The third kappa shape index (κ3) is 3.24. The minimum absolute atomic E-state index is 0.247. The summed E-state index contributed by atoms with van der Waals surface area (Å²) in [6, 6.07) is 6.85. The van der Waals surface area contributed by atoms with Gasteiger partial charge in [0.2, 0.25) is 0 Å². The van der Waals surface area contributed by atoms with Crippen LogP contribution in [0.25, 0.3) is 0 Å². The molecule has 0 bridgehead atoms. The van der Waals surface area contributed by atoms with Crippen molar-refractivity contribution < 1.29 is 4.79 Å². The van der Waals surface area contributed by atoms with Crippen molar-refractivity contribution in [3.05, 3.63) is 51.2 Å². The van der Waals surface area contributed by atoms with E-state index in [1.54, 1.807) is 24.3 Å². The van der Waals surface area contributed by atoms with Crippen molar-refractivity contribution in [2.24, 2.45) is 0 Å². The minimum atomic E-state index is -0.247. The fourth-order valence-electron chi connectivity index (χ4n) is 1.47. The van der Waals surface area contributed by atoms with Crippen molar-refractivity contribution in [3.63, 3.8) is 0 Å². The van der Waals surface area contributed by atoms with Crippen LogP contribution in [-0.2, 0) is 0 Å². The van der Waals surface area contributed by atoms with Gasteiger partial charge in [-0.05, 0) is 46.6 Å². The Hall–Kier alpha value is -1.59. The van der Waals surface area contributed by atoms with Gasteiger partial charge < -0.3 is 11.1 Å². The third-order valence-electron chi connectivity index (χ3n) is 2.60. The van der Waals surface area contributed by atoms with E-state index in [1.807, 2.05) is 6.92 Å². The van der Waals surface area contributed by atoms with Crippen LogP contribution in [-0.4, -0.2) is 10.9 Å². The Bertz CT molecular complexity index is 646. The number of hydrogen-bond donors (Lipinski definition) is 2. The molecule has 0 saturated carbocycles. The highest BCUT2D eigenvalue weighted by Crippen LogP contribution is 2.23. The molecule has 0 saturated heterocycles. The van der Waals surface area contributed by atoms with Crippen molar-refractivity contribution in [1.29, 1.82) is 0 Å². The monoisotopic (exact) mass is 339 g/mol. The summed E-state index contributed by atoms with van der Waals surface area (Å²) in [7, 11) is 0. The summed E-state index contributed by atoms with van der Waals surface area (Å²) in [5.74, 6) is -0.247. The average molecular weight is 341 g/mol. The highest BCUT2D eigenvalue weighted by atomic mass is 79.9. The van der Waals surface area contributed by atoms with Crippen molar-refractivity contribution in [1.82, 2.24) is 4.98 Å². The van der Waals surface area contributed by atoms with Crippen LogP contribution in [0.3, 0.4) is 0 Å². The van der Waals surface area contributed by atoms with Gasteiger partial charge in [0.25, 0.3) is 5.91 Å². The van der Waals surface area contributed by atoms with Crippen LogP contribution < -0.4 is 11.1 Å². The lowest BCUT2D eigenvalue weighted by molar-refractivity contribution is 0.102. The van der Waals surface area contributed by atoms with Crippen molar-refractivity contribution >= 4 is 44.8 Å². The van der Waals surface area contributed by atoms with Gasteiger partial charge in [0.1, 0.15) is 5.15 Å². The number of hydrogen-bond acceptors (Lipinski definition) is 3. The van der Waals surface area contributed by atoms with E-state index in [0.717, 1.165) is 5.56 Å². The maximum absolute atomic E-state index is 12.0. The zero-order valence-electron chi connectivity index (χ0n) is 10.1. The molecule has 2 rings (SSSR count). The summed E-state index contributed by atoms with van der Waals surface area (Å²) >= 11 is 9.03. The Morgan fingerprint density at radius 3 is 2.79 bits per heavy atom. The Balaban J connectivity index is 2.20. The summed E-state index contributed by atoms with van der Waals surface area (Å²) in [5, 5.41) is 3.07. The summed E-state index contributed by atoms with van der Waals surface area (Å²) in [5.41, 5.74) is 8.35. The van der Waals surface area contributed by atoms with Gasteiger partial charge in [-0.3, -0.25) is 4.79 Å². The van der Waals surface area contributed by atoms with Crippen molar-refractivity contribution in [2.75, 3.05) is 11.1 Å². The molecule has 19 heavy (non-hydrogen) atoms. The van der Waals surface area contributed by atoms with E-state index in [0.29, 0.717) is 26.6 Å². The van der Waals surface area contributed by atoms with Gasteiger partial charge in [-0.1, -0.05) is 17.7 Å². The first kappa shape index (κ1) is 13.8. The first-order chi connectivity index (χ1) is 8.97. The molecule has 4 nitrogen and oxygen atoms in total. The van der Waals surface area contributed by atoms with E-state index in [4.69, 9.17) is 17.3 Å². The fourth-order valence-corrected chi connectivity index (χ4v) is 1.93. The second-order valence-corrected chi connectivity index (χ2v) is 5.23. The number of carbonyl (C=O) groups is 1. The molecule has 3 N–H and O–H groups in total. The van der Waals surface area contributed by atoms with E-state index in [2.05, 4.69) is 26.2 Å². The van der Waals surface area contributed by atoms with Crippen LogP contribution >= 0.6 is 27.5 Å². The van der Waals surface area contributed by atoms with E-state index in [9.17, 15) is 4.79 Å². The summed E-state index contributed by atoms with van der Waals surface area (Å²) in [6.07, 6.45) is 1.49. The Morgan fingerprint density at radius 1 is 1.42 bits per heavy atom. The number of amides is 1. The molecule has 0 unspecified atom stereocenters. The van der Waals surface area contributed by atoms with Crippen LogP contribution in [0.15, 0.2) is 34.9 Å². The lowest BCUT2D eigenvalue weighted by atomic mass is 10.1. The standard InChI is InChI=1S/C13H11BrClN3O/c1-7-2-3-8(4-11(7)16)13(19)18-9-5-10(14)12(15)17-6-9/h2-6H,16H2,1H3,(H,18,19). The highest BCUT2D eigenvalue weighted by Gasteiger charge is 2.09. The summed E-state index contributed by atoms with van der Waals surface area (Å²) in [6.45, 7) is 1.89. The summed E-state index contributed by atoms with van der Waals surface area (Å²) in [4.78, 5) is 16.0. The number of rotatable bonds is 2. The largest absolute Gasteiger partial charge is 0.398 e. The molecule has 0 aliphatic heterocycles.